The minimum absolute atomic E-state index is 0. The molecule has 4 amide bonds. The molecule has 0 aromatic heterocycles. The van der Waals surface area contributed by atoms with E-state index in [9.17, 15) is 36.0 Å². The lowest BCUT2D eigenvalue weighted by Crippen LogP contribution is -2.63. The summed E-state index contributed by atoms with van der Waals surface area (Å²) >= 11 is 6.48. The number of anilines is 2. The number of piperidine rings is 2. The lowest BCUT2D eigenvalue weighted by Gasteiger charge is -2.45. The maximum absolute atomic E-state index is 15.0. The van der Waals surface area contributed by atoms with E-state index in [-0.39, 0.29) is 90.9 Å². The minimum atomic E-state index is -4.46. The van der Waals surface area contributed by atoms with E-state index in [0.717, 1.165) is 56.2 Å². The van der Waals surface area contributed by atoms with E-state index in [1.807, 2.05) is 0 Å². The van der Waals surface area contributed by atoms with Crippen molar-refractivity contribution in [3.8, 4) is 23.0 Å². The standard InChI is InChI=1S/C34H40N4O8S.C32H35ClN4O6S.2ClH/c1-35-16-14-24(15-17-35)36-18-20-37(21-19-36)33(40)46-34(29-23-26(44-3)11-13-31(29)45-4)28-22-25(43-2)10-12-30(28)38(32(34)39)47(41,42)27-8-6-5-7-9-27;1-22-14-17-35(18-15-22)29-21-34-16-19-36(29)31(39)43-32(25-10-6-7-11-28(25)42-2)26-20-23(33)12-13-27(26)37(30(32)38)44(40,41)24-8-4-3-5-9-24;;/h5-13,22-24H,14-21H2,1-4H3;3-13,20,22,29,34H,14-19,21H2,1-2H3;2*1H. The molecule has 0 spiro atoms. The van der Waals surface area contributed by atoms with Gasteiger partial charge in [-0.15, -0.1) is 24.8 Å². The Morgan fingerprint density at radius 1 is 0.527 bits per heavy atom. The van der Waals surface area contributed by atoms with Crippen LogP contribution in [0.2, 0.25) is 5.02 Å². The first-order valence-corrected chi connectivity index (χ1v) is 33.6. The van der Waals surface area contributed by atoms with Crippen molar-refractivity contribution in [1.29, 1.82) is 0 Å². The summed E-state index contributed by atoms with van der Waals surface area (Å²) in [5.41, 5.74) is -3.85. The summed E-state index contributed by atoms with van der Waals surface area (Å²) in [6.07, 6.45) is 2.38. The Kier molecular flexibility index (Phi) is 21.9. The molecule has 6 heterocycles. The number of para-hydroxylation sites is 1. The SMILES string of the molecule is COc1ccc(OC)c(C2(OC(=O)N3CCN(C4CCN(C)CC4)CC3)C(=O)N(S(=O)(=O)c3ccccc3)c3ccc(OC)cc32)c1.COc1ccccc1C1(OC(=O)N2CCNCC2N2CCC(C)CC2)C(=O)N(S(=O)(=O)c2ccccc2)c2ccc(Cl)cc21.Cl.Cl. The zero-order valence-corrected chi connectivity index (χ0v) is 56.5. The number of carbonyl (C=O) groups excluding carboxylic acids is 4. The van der Waals surface area contributed by atoms with Crippen molar-refractivity contribution < 1.29 is 64.4 Å². The largest absolute Gasteiger partial charge is 0.497 e. The topological polar surface area (TPSA) is 227 Å². The Hall–Kier alpha value is -7.39. The summed E-state index contributed by atoms with van der Waals surface area (Å²) in [4.78, 5) is 68.4. The van der Waals surface area contributed by atoms with Crippen LogP contribution in [0.25, 0.3) is 0 Å². The second-order valence-electron chi connectivity index (χ2n) is 23.3. The van der Waals surface area contributed by atoms with Crippen LogP contribution in [0.4, 0.5) is 21.0 Å². The molecule has 6 aromatic rings. The van der Waals surface area contributed by atoms with Crippen LogP contribution >= 0.6 is 36.4 Å². The summed E-state index contributed by atoms with van der Waals surface area (Å²) in [5.74, 6) is -0.211. The van der Waals surface area contributed by atoms with Gasteiger partial charge in [-0.2, -0.15) is 8.61 Å². The number of hydrogen-bond acceptors (Lipinski definition) is 18. The molecule has 93 heavy (non-hydrogen) atoms. The van der Waals surface area contributed by atoms with Gasteiger partial charge < -0.3 is 43.5 Å². The highest BCUT2D eigenvalue weighted by atomic mass is 35.5. The van der Waals surface area contributed by atoms with E-state index in [0.29, 0.717) is 73.6 Å². The van der Waals surface area contributed by atoms with Gasteiger partial charge in [-0.1, -0.05) is 73.1 Å². The van der Waals surface area contributed by atoms with E-state index < -0.39 is 55.2 Å². The molecule has 0 bridgehead atoms. The molecular formula is C66H77Cl3N8O14S2. The molecule has 498 valence electrons. The van der Waals surface area contributed by atoms with E-state index in [1.165, 1.54) is 89.1 Å². The summed E-state index contributed by atoms with van der Waals surface area (Å²) in [5, 5.41) is 3.62. The minimum Gasteiger partial charge on any atom is -0.497 e. The van der Waals surface area contributed by atoms with Gasteiger partial charge in [0.1, 0.15) is 29.2 Å². The van der Waals surface area contributed by atoms with Gasteiger partial charge in [0.2, 0.25) is 11.2 Å². The number of nitrogens with zero attached hydrogens (tertiary/aromatic N) is 7. The fourth-order valence-corrected chi connectivity index (χ4v) is 16.2. The molecular weight excluding hydrogens is 1300 g/mol. The number of likely N-dealkylation sites (tertiary alicyclic amines) is 2. The molecule has 4 fully saturated rings. The number of amides is 4. The molecule has 22 nitrogen and oxygen atoms in total. The molecule has 4 saturated heterocycles. The van der Waals surface area contributed by atoms with E-state index >= 15 is 0 Å². The van der Waals surface area contributed by atoms with Gasteiger partial charge in [-0.3, -0.25) is 24.3 Å². The number of nitrogens with one attached hydrogen (secondary N) is 1. The molecule has 0 radical (unpaired) electrons. The van der Waals surface area contributed by atoms with Crippen molar-refractivity contribution in [3.05, 3.63) is 167 Å². The lowest BCUT2D eigenvalue weighted by atomic mass is 9.86. The lowest BCUT2D eigenvalue weighted by molar-refractivity contribution is -0.133. The van der Waals surface area contributed by atoms with E-state index in [4.69, 9.17) is 40.0 Å². The molecule has 12 rings (SSSR count). The maximum atomic E-state index is 15.0. The molecule has 3 atom stereocenters. The third-order valence-corrected chi connectivity index (χ3v) is 21.8. The predicted octanol–water partition coefficient (Wildman–Crippen LogP) is 8.81. The van der Waals surface area contributed by atoms with Crippen molar-refractivity contribution >= 4 is 91.8 Å². The molecule has 6 aromatic carbocycles. The van der Waals surface area contributed by atoms with Gasteiger partial charge in [0, 0.05) is 81.1 Å². The van der Waals surface area contributed by atoms with Crippen molar-refractivity contribution in [1.82, 2.24) is 29.8 Å². The highest BCUT2D eigenvalue weighted by Crippen LogP contribution is 2.55. The number of carbonyl (C=O) groups is 4. The van der Waals surface area contributed by atoms with Crippen molar-refractivity contribution in [3.63, 3.8) is 0 Å². The van der Waals surface area contributed by atoms with Gasteiger partial charge in [0.05, 0.1) is 60.7 Å². The molecule has 3 unspecified atom stereocenters. The van der Waals surface area contributed by atoms with Crippen LogP contribution in [0.1, 0.15) is 54.9 Å². The Morgan fingerprint density at radius 3 is 1.59 bits per heavy atom. The summed E-state index contributed by atoms with van der Waals surface area (Å²) < 4.78 is 93.2. The van der Waals surface area contributed by atoms with Crippen LogP contribution in [0.5, 0.6) is 23.0 Å². The maximum Gasteiger partial charge on any atom is 0.412 e. The number of ether oxygens (including phenoxy) is 6. The van der Waals surface area contributed by atoms with E-state index in [2.05, 4.69) is 34.0 Å². The zero-order valence-electron chi connectivity index (χ0n) is 52.5. The second-order valence-corrected chi connectivity index (χ2v) is 27.3. The first-order chi connectivity index (χ1) is 43.8. The Labute approximate surface area is 560 Å². The fraction of sp³-hybridized carbons (Fsp3) is 0.394. The first kappa shape index (κ1) is 69.9. The second kappa shape index (κ2) is 29.1. The molecule has 6 aliphatic heterocycles. The molecule has 0 aliphatic carbocycles. The van der Waals surface area contributed by atoms with Crippen LogP contribution in [0, 0.1) is 5.92 Å². The van der Waals surface area contributed by atoms with Crippen LogP contribution in [-0.2, 0) is 50.3 Å². The predicted molar refractivity (Wildman–Crippen MR) is 355 cm³/mol. The van der Waals surface area contributed by atoms with E-state index in [1.54, 1.807) is 88.7 Å². The smallest absolute Gasteiger partial charge is 0.412 e. The van der Waals surface area contributed by atoms with Crippen molar-refractivity contribution in [2.75, 3.05) is 116 Å². The molecule has 6 aliphatic rings. The van der Waals surface area contributed by atoms with Crippen molar-refractivity contribution in [2.45, 2.75) is 65.8 Å². The Bertz CT molecular complexity index is 3920. The average molecular weight is 1380 g/mol. The number of halogens is 3. The van der Waals surface area contributed by atoms with Crippen LogP contribution in [-0.4, -0.2) is 185 Å². The third kappa shape index (κ3) is 13.1. The number of piperazine rings is 2. The number of methoxy groups -OCH3 is 4. The van der Waals surface area contributed by atoms with Crippen LogP contribution < -0.4 is 32.9 Å². The molecule has 1 N–H and O–H groups in total. The van der Waals surface area contributed by atoms with Gasteiger partial charge >= 0.3 is 12.2 Å². The quantitative estimate of drug-likeness (QED) is 0.107. The summed E-state index contributed by atoms with van der Waals surface area (Å²) in [7, 11) is -0.978. The van der Waals surface area contributed by atoms with Crippen LogP contribution in [0.3, 0.4) is 0 Å². The van der Waals surface area contributed by atoms with Crippen LogP contribution in [0.15, 0.2) is 149 Å². The Balaban J connectivity index is 0.000000215. The van der Waals surface area contributed by atoms with Gasteiger partial charge in [-0.25, -0.2) is 26.4 Å². The summed E-state index contributed by atoms with van der Waals surface area (Å²) in [6, 6.07) is 36.2. The molecule has 0 saturated carbocycles. The zero-order chi connectivity index (χ0) is 64.4. The fourth-order valence-electron chi connectivity index (χ4n) is 13.1. The number of sulfonamides is 2. The number of fused-ring (bicyclic) bond motifs is 2. The van der Waals surface area contributed by atoms with Crippen molar-refractivity contribution in [2.24, 2.45) is 5.92 Å². The van der Waals surface area contributed by atoms with Gasteiger partial charge in [0.15, 0.2) is 0 Å². The Morgan fingerprint density at radius 2 is 1.02 bits per heavy atom. The first-order valence-electron chi connectivity index (χ1n) is 30.3. The number of rotatable bonds is 14. The number of hydrogen-bond donors (Lipinski definition) is 1. The summed E-state index contributed by atoms with van der Waals surface area (Å²) in [6.45, 7) is 9.48. The highest BCUT2D eigenvalue weighted by Gasteiger charge is 2.63. The van der Waals surface area contributed by atoms with Gasteiger partial charge in [0.25, 0.3) is 31.9 Å². The third-order valence-electron chi connectivity index (χ3n) is 18.1. The normalized spacial score (nSPS) is 21.5. The highest BCUT2D eigenvalue weighted by molar-refractivity contribution is 7.94. The molecule has 27 heteroatoms. The monoisotopic (exact) mass is 1370 g/mol. The van der Waals surface area contributed by atoms with Gasteiger partial charge in [-0.05, 0) is 137 Å². The number of benzene rings is 6. The average Bonchev–Trinajstić information content (AvgIpc) is 1.56.